The molecule has 0 aliphatic rings. The number of benzene rings is 2. The molecule has 22 heavy (non-hydrogen) atoms. The van der Waals surface area contributed by atoms with E-state index in [0.717, 1.165) is 22.3 Å². The molecule has 4 nitrogen and oxygen atoms in total. The fourth-order valence-electron chi connectivity index (χ4n) is 2.68. The molecule has 0 saturated heterocycles. The zero-order valence-corrected chi connectivity index (χ0v) is 12.8. The molecule has 0 spiro atoms. The quantitative estimate of drug-likeness (QED) is 0.789. The Bertz CT molecular complexity index is 925. The number of fused-ring (bicyclic) bond motifs is 1. The molecule has 0 amide bonds. The minimum atomic E-state index is -0.0150. The van der Waals surface area contributed by atoms with Crippen molar-refractivity contribution in [3.63, 3.8) is 0 Å². The predicted molar refractivity (Wildman–Crippen MR) is 87.6 cm³/mol. The van der Waals surface area contributed by atoms with Gasteiger partial charge in [-0.05, 0) is 37.3 Å². The van der Waals surface area contributed by atoms with Crippen molar-refractivity contribution in [2.75, 3.05) is 7.11 Å². The molecule has 4 heteroatoms. The number of phenolic OH excluding ortho intramolecular Hbond substituents is 1. The Kier molecular flexibility index (Phi) is 3.37. The molecular formula is C18H17NO3. The highest BCUT2D eigenvalue weighted by molar-refractivity contribution is 5.83. The summed E-state index contributed by atoms with van der Waals surface area (Å²) < 4.78 is 7.12. The van der Waals surface area contributed by atoms with Crippen molar-refractivity contribution < 1.29 is 9.84 Å². The van der Waals surface area contributed by atoms with Crippen LogP contribution in [0.4, 0.5) is 0 Å². The second-order valence-electron chi connectivity index (χ2n) is 5.36. The number of aryl methyl sites for hydroxylation is 2. The lowest BCUT2D eigenvalue weighted by molar-refractivity contribution is 0.373. The van der Waals surface area contributed by atoms with Crippen molar-refractivity contribution in [1.82, 2.24) is 4.57 Å². The van der Waals surface area contributed by atoms with Gasteiger partial charge in [0.25, 0.3) is 0 Å². The summed E-state index contributed by atoms with van der Waals surface area (Å²) in [5, 5.41) is 10.4. The van der Waals surface area contributed by atoms with E-state index < -0.39 is 0 Å². The van der Waals surface area contributed by atoms with Crippen molar-refractivity contribution in [3.8, 4) is 22.8 Å². The summed E-state index contributed by atoms with van der Waals surface area (Å²) in [6, 6.07) is 12.5. The summed E-state index contributed by atoms with van der Waals surface area (Å²) in [5.41, 5.74) is 3.51. The fourth-order valence-corrected chi connectivity index (χ4v) is 2.68. The van der Waals surface area contributed by atoms with Crippen LogP contribution in [0, 0.1) is 6.92 Å². The standard InChI is InChI=1S/C18H17NO3/c1-11-4-6-14-13(8-11)17(21)10-15(19(14)2)12-5-7-16(20)18(9-12)22-3/h4-10,20H,1-3H3. The van der Waals surface area contributed by atoms with Crippen LogP contribution in [0.2, 0.25) is 0 Å². The number of methoxy groups -OCH3 is 1. The van der Waals surface area contributed by atoms with Crippen molar-refractivity contribution in [1.29, 1.82) is 0 Å². The Balaban J connectivity index is 2.30. The molecule has 0 bridgehead atoms. The summed E-state index contributed by atoms with van der Waals surface area (Å²) in [6.07, 6.45) is 0. The van der Waals surface area contributed by atoms with Gasteiger partial charge in [-0.15, -0.1) is 0 Å². The van der Waals surface area contributed by atoms with E-state index in [0.29, 0.717) is 11.1 Å². The molecule has 1 aromatic heterocycles. The lowest BCUT2D eigenvalue weighted by Gasteiger charge is -2.14. The van der Waals surface area contributed by atoms with Crippen LogP contribution in [-0.2, 0) is 7.05 Å². The van der Waals surface area contributed by atoms with Gasteiger partial charge in [0, 0.05) is 24.1 Å². The first kappa shape index (κ1) is 14.2. The molecule has 0 unspecified atom stereocenters. The molecule has 1 N–H and O–H groups in total. The van der Waals surface area contributed by atoms with Gasteiger partial charge in [-0.2, -0.15) is 0 Å². The number of phenols is 1. The number of nitrogens with zero attached hydrogens (tertiary/aromatic N) is 1. The SMILES string of the molecule is COc1cc(-c2cc(=O)c3cc(C)ccc3n2C)ccc1O. The van der Waals surface area contributed by atoms with E-state index in [1.165, 1.54) is 7.11 Å². The van der Waals surface area contributed by atoms with Crippen LogP contribution in [0.15, 0.2) is 47.3 Å². The number of aromatic nitrogens is 1. The summed E-state index contributed by atoms with van der Waals surface area (Å²) in [7, 11) is 3.42. The number of aromatic hydroxyl groups is 1. The van der Waals surface area contributed by atoms with E-state index in [4.69, 9.17) is 4.74 Å². The van der Waals surface area contributed by atoms with Crippen molar-refractivity contribution in [2.45, 2.75) is 6.92 Å². The first-order chi connectivity index (χ1) is 10.5. The number of hydrogen-bond donors (Lipinski definition) is 1. The lowest BCUT2D eigenvalue weighted by Crippen LogP contribution is -2.09. The highest BCUT2D eigenvalue weighted by Crippen LogP contribution is 2.31. The second kappa shape index (κ2) is 5.22. The van der Waals surface area contributed by atoms with Crippen LogP contribution in [-0.4, -0.2) is 16.8 Å². The molecule has 3 aromatic rings. The van der Waals surface area contributed by atoms with Crippen LogP contribution < -0.4 is 10.2 Å². The number of rotatable bonds is 2. The van der Waals surface area contributed by atoms with E-state index >= 15 is 0 Å². The third kappa shape index (κ3) is 2.22. The Morgan fingerprint density at radius 3 is 2.59 bits per heavy atom. The molecule has 112 valence electrons. The monoisotopic (exact) mass is 295 g/mol. The highest BCUT2D eigenvalue weighted by atomic mass is 16.5. The maximum Gasteiger partial charge on any atom is 0.190 e. The molecule has 0 radical (unpaired) electrons. The van der Waals surface area contributed by atoms with E-state index in [1.54, 1.807) is 24.3 Å². The third-order valence-corrected chi connectivity index (χ3v) is 3.88. The van der Waals surface area contributed by atoms with Crippen LogP contribution in [0.3, 0.4) is 0 Å². The van der Waals surface area contributed by atoms with Gasteiger partial charge in [-0.1, -0.05) is 11.6 Å². The van der Waals surface area contributed by atoms with Gasteiger partial charge < -0.3 is 14.4 Å². The zero-order chi connectivity index (χ0) is 15.9. The summed E-state index contributed by atoms with van der Waals surface area (Å²) in [4.78, 5) is 12.4. The molecule has 0 fully saturated rings. The van der Waals surface area contributed by atoms with Crippen LogP contribution in [0.5, 0.6) is 11.5 Å². The maximum absolute atomic E-state index is 12.4. The smallest absolute Gasteiger partial charge is 0.190 e. The minimum absolute atomic E-state index is 0.0150. The Labute approximate surface area is 128 Å². The molecule has 0 aliphatic carbocycles. The molecule has 0 saturated carbocycles. The Hall–Kier alpha value is -2.75. The number of hydrogen-bond acceptors (Lipinski definition) is 3. The summed E-state index contributed by atoms with van der Waals surface area (Å²) in [5.74, 6) is 0.460. The van der Waals surface area contributed by atoms with E-state index in [2.05, 4.69) is 0 Å². The Morgan fingerprint density at radius 1 is 1.09 bits per heavy atom. The number of ether oxygens (including phenoxy) is 1. The average molecular weight is 295 g/mol. The average Bonchev–Trinajstić information content (AvgIpc) is 2.51. The molecule has 0 atom stereocenters. The topological polar surface area (TPSA) is 51.5 Å². The fraction of sp³-hybridized carbons (Fsp3) is 0.167. The third-order valence-electron chi connectivity index (χ3n) is 3.88. The van der Waals surface area contributed by atoms with Gasteiger partial charge in [0.1, 0.15) is 0 Å². The van der Waals surface area contributed by atoms with Gasteiger partial charge >= 0.3 is 0 Å². The second-order valence-corrected chi connectivity index (χ2v) is 5.36. The van der Waals surface area contributed by atoms with E-state index in [9.17, 15) is 9.90 Å². The summed E-state index contributed by atoms with van der Waals surface area (Å²) in [6.45, 7) is 1.97. The van der Waals surface area contributed by atoms with Gasteiger partial charge in [0.2, 0.25) is 0 Å². The van der Waals surface area contributed by atoms with Crippen LogP contribution in [0.25, 0.3) is 22.2 Å². The largest absolute Gasteiger partial charge is 0.504 e. The number of pyridine rings is 1. The van der Waals surface area contributed by atoms with Crippen LogP contribution in [0.1, 0.15) is 5.56 Å². The van der Waals surface area contributed by atoms with Gasteiger partial charge in [-0.25, -0.2) is 0 Å². The van der Waals surface area contributed by atoms with Crippen molar-refractivity contribution in [3.05, 3.63) is 58.3 Å². The van der Waals surface area contributed by atoms with Crippen molar-refractivity contribution in [2.24, 2.45) is 7.05 Å². The zero-order valence-electron chi connectivity index (χ0n) is 12.8. The molecule has 3 rings (SSSR count). The van der Waals surface area contributed by atoms with E-state index in [-0.39, 0.29) is 11.2 Å². The molecule has 0 aliphatic heterocycles. The van der Waals surface area contributed by atoms with Gasteiger partial charge in [0.05, 0.1) is 18.3 Å². The summed E-state index contributed by atoms with van der Waals surface area (Å²) >= 11 is 0. The van der Waals surface area contributed by atoms with Gasteiger partial charge in [-0.3, -0.25) is 4.79 Å². The normalized spacial score (nSPS) is 10.9. The first-order valence-electron chi connectivity index (χ1n) is 6.99. The maximum atomic E-state index is 12.4. The lowest BCUT2D eigenvalue weighted by atomic mass is 10.1. The first-order valence-corrected chi connectivity index (χ1v) is 6.99. The van der Waals surface area contributed by atoms with Gasteiger partial charge in [0.15, 0.2) is 16.9 Å². The highest BCUT2D eigenvalue weighted by Gasteiger charge is 2.11. The molecule has 2 aromatic carbocycles. The minimum Gasteiger partial charge on any atom is -0.504 e. The molecule has 1 heterocycles. The molecular weight excluding hydrogens is 278 g/mol. The van der Waals surface area contributed by atoms with Crippen LogP contribution >= 0.6 is 0 Å². The Morgan fingerprint density at radius 2 is 1.86 bits per heavy atom. The van der Waals surface area contributed by atoms with Crippen molar-refractivity contribution >= 4 is 10.9 Å². The van der Waals surface area contributed by atoms with E-state index in [1.807, 2.05) is 36.7 Å². The predicted octanol–water partition coefficient (Wildman–Crippen LogP) is 3.23.